The first-order valence-corrected chi connectivity index (χ1v) is 5.61. The first-order valence-electron chi connectivity index (χ1n) is 5.61. The van der Waals surface area contributed by atoms with Gasteiger partial charge in [-0.3, -0.25) is 13.9 Å². The van der Waals surface area contributed by atoms with Gasteiger partial charge in [-0.25, -0.2) is 9.78 Å². The van der Waals surface area contributed by atoms with E-state index in [1.165, 1.54) is 7.05 Å². The number of rotatable bonds is 2. The average molecular weight is 236 g/mol. The number of nitrogens with zero attached hydrogens (tertiary/aromatic N) is 4. The van der Waals surface area contributed by atoms with Crippen molar-refractivity contribution in [1.82, 2.24) is 18.7 Å². The van der Waals surface area contributed by atoms with Gasteiger partial charge in [0.25, 0.3) is 5.56 Å². The van der Waals surface area contributed by atoms with Crippen molar-refractivity contribution in [3.05, 3.63) is 27.2 Å². The molecule has 1 unspecified atom stereocenters. The lowest BCUT2D eigenvalue weighted by atomic mass is 10.2. The van der Waals surface area contributed by atoms with Gasteiger partial charge in [-0.15, -0.1) is 0 Å². The van der Waals surface area contributed by atoms with Crippen LogP contribution in [-0.4, -0.2) is 18.7 Å². The predicted molar refractivity (Wildman–Crippen MR) is 65.2 cm³/mol. The van der Waals surface area contributed by atoms with Crippen molar-refractivity contribution < 1.29 is 0 Å². The second kappa shape index (κ2) is 3.87. The van der Waals surface area contributed by atoms with E-state index < -0.39 is 0 Å². The second-order valence-corrected chi connectivity index (χ2v) is 4.30. The van der Waals surface area contributed by atoms with Gasteiger partial charge in [0.2, 0.25) is 0 Å². The van der Waals surface area contributed by atoms with Crippen molar-refractivity contribution in [2.45, 2.75) is 26.3 Å². The van der Waals surface area contributed by atoms with E-state index in [4.69, 9.17) is 0 Å². The molecule has 6 nitrogen and oxygen atoms in total. The minimum atomic E-state index is -0.310. The zero-order valence-corrected chi connectivity index (χ0v) is 10.5. The Morgan fingerprint density at radius 1 is 1.35 bits per heavy atom. The third-order valence-electron chi connectivity index (χ3n) is 3.18. The van der Waals surface area contributed by atoms with Crippen LogP contribution in [0.2, 0.25) is 0 Å². The third-order valence-corrected chi connectivity index (χ3v) is 3.18. The molecule has 0 aliphatic rings. The lowest BCUT2D eigenvalue weighted by Gasteiger charge is -2.14. The zero-order valence-electron chi connectivity index (χ0n) is 10.5. The van der Waals surface area contributed by atoms with Crippen LogP contribution >= 0.6 is 0 Å². The summed E-state index contributed by atoms with van der Waals surface area (Å²) in [6, 6.07) is 0.0201. The van der Waals surface area contributed by atoms with Gasteiger partial charge in [0.05, 0.1) is 6.33 Å². The smallest absolute Gasteiger partial charge is 0.328 e. The maximum Gasteiger partial charge on any atom is 0.332 e. The van der Waals surface area contributed by atoms with Gasteiger partial charge >= 0.3 is 5.69 Å². The van der Waals surface area contributed by atoms with Gasteiger partial charge in [-0.05, 0) is 13.3 Å². The molecule has 2 aromatic heterocycles. The molecule has 0 spiro atoms. The number of fused-ring (bicyclic) bond motifs is 1. The molecule has 0 aromatic carbocycles. The van der Waals surface area contributed by atoms with Crippen molar-refractivity contribution >= 4 is 11.2 Å². The molecule has 6 heteroatoms. The highest BCUT2D eigenvalue weighted by molar-refractivity contribution is 5.70. The molecule has 0 fully saturated rings. The third kappa shape index (κ3) is 1.51. The molecule has 0 N–H and O–H groups in total. The molecule has 17 heavy (non-hydrogen) atoms. The molecule has 2 rings (SSSR count). The molecule has 0 bridgehead atoms. The molecule has 1 atom stereocenters. The lowest BCUT2D eigenvalue weighted by Crippen LogP contribution is -2.39. The quantitative estimate of drug-likeness (QED) is 0.758. The predicted octanol–water partition coefficient (Wildman–Crippen LogP) is 0.405. The number of imidazole rings is 1. The van der Waals surface area contributed by atoms with Gasteiger partial charge < -0.3 is 4.57 Å². The van der Waals surface area contributed by atoms with Gasteiger partial charge in [0.15, 0.2) is 11.2 Å². The summed E-state index contributed by atoms with van der Waals surface area (Å²) < 4.78 is 4.36. The van der Waals surface area contributed by atoms with E-state index in [9.17, 15) is 9.59 Å². The average Bonchev–Trinajstić information content (AvgIpc) is 2.68. The summed E-state index contributed by atoms with van der Waals surface area (Å²) in [6.07, 6.45) is 2.37. The van der Waals surface area contributed by atoms with Crippen molar-refractivity contribution in [2.24, 2.45) is 14.1 Å². The number of hydrogen-bond acceptors (Lipinski definition) is 3. The van der Waals surface area contributed by atoms with Crippen LogP contribution in [0.15, 0.2) is 15.9 Å². The summed E-state index contributed by atoms with van der Waals surface area (Å²) >= 11 is 0. The van der Waals surface area contributed by atoms with E-state index in [-0.39, 0.29) is 17.3 Å². The molecule has 2 aromatic rings. The van der Waals surface area contributed by atoms with Crippen LogP contribution in [0.25, 0.3) is 11.2 Å². The number of aromatic nitrogens is 4. The first-order chi connectivity index (χ1) is 7.99. The molecule has 0 amide bonds. The maximum atomic E-state index is 12.1. The fourth-order valence-electron chi connectivity index (χ4n) is 1.92. The molecule has 92 valence electrons. The zero-order chi connectivity index (χ0) is 12.7. The van der Waals surface area contributed by atoms with Crippen LogP contribution in [0, 0.1) is 0 Å². The summed E-state index contributed by atoms with van der Waals surface area (Å²) in [6.45, 7) is 3.94. The van der Waals surface area contributed by atoms with E-state index in [0.29, 0.717) is 11.2 Å². The Balaban J connectivity index is 3.02. The highest BCUT2D eigenvalue weighted by Crippen LogP contribution is 2.13. The molecule has 0 saturated carbocycles. The minimum Gasteiger partial charge on any atom is -0.328 e. The monoisotopic (exact) mass is 236 g/mol. The minimum absolute atomic E-state index is 0.0201. The van der Waals surface area contributed by atoms with Crippen molar-refractivity contribution in [3.63, 3.8) is 0 Å². The second-order valence-electron chi connectivity index (χ2n) is 4.30. The summed E-state index contributed by atoms with van der Waals surface area (Å²) in [5, 5.41) is 0. The topological polar surface area (TPSA) is 61.8 Å². The van der Waals surface area contributed by atoms with Crippen LogP contribution in [0.1, 0.15) is 26.3 Å². The Labute approximate surface area is 98.1 Å². The standard InChI is InChI=1S/C11H16N4O2/c1-5-7(2)15-9-8(13(3)6-12-9)10(16)14(4)11(15)17/h6-7H,5H2,1-4H3. The molecule has 0 aliphatic heterocycles. The molecular formula is C11H16N4O2. The van der Waals surface area contributed by atoms with Gasteiger partial charge in [-0.1, -0.05) is 6.92 Å². The maximum absolute atomic E-state index is 12.1. The van der Waals surface area contributed by atoms with E-state index in [1.54, 1.807) is 22.5 Å². The Morgan fingerprint density at radius 3 is 2.59 bits per heavy atom. The molecule has 0 radical (unpaired) electrons. The van der Waals surface area contributed by atoms with E-state index >= 15 is 0 Å². The van der Waals surface area contributed by atoms with Crippen LogP contribution < -0.4 is 11.2 Å². The van der Waals surface area contributed by atoms with Crippen LogP contribution in [0.4, 0.5) is 0 Å². The number of aryl methyl sites for hydroxylation is 1. The van der Waals surface area contributed by atoms with Crippen LogP contribution in [0.3, 0.4) is 0 Å². The molecule has 2 heterocycles. The molecule has 0 saturated heterocycles. The Hall–Kier alpha value is -1.85. The van der Waals surface area contributed by atoms with Crippen molar-refractivity contribution in [1.29, 1.82) is 0 Å². The summed E-state index contributed by atoms with van der Waals surface area (Å²) in [4.78, 5) is 28.2. The normalized spacial score (nSPS) is 13.2. The Kier molecular flexibility index (Phi) is 2.65. The Bertz CT molecular complexity index is 677. The molecule has 0 aliphatic carbocycles. The number of hydrogen-bond donors (Lipinski definition) is 0. The summed E-state index contributed by atoms with van der Waals surface area (Å²) in [5.74, 6) is 0. The molecular weight excluding hydrogens is 220 g/mol. The first kappa shape index (κ1) is 11.6. The van der Waals surface area contributed by atoms with Crippen molar-refractivity contribution in [3.8, 4) is 0 Å². The van der Waals surface area contributed by atoms with Gasteiger partial charge in [0, 0.05) is 20.1 Å². The Morgan fingerprint density at radius 2 is 2.00 bits per heavy atom. The summed E-state index contributed by atoms with van der Waals surface area (Å²) in [5.41, 5.74) is 0.322. The van der Waals surface area contributed by atoms with Crippen LogP contribution in [0.5, 0.6) is 0 Å². The highest BCUT2D eigenvalue weighted by Gasteiger charge is 2.17. The van der Waals surface area contributed by atoms with E-state index in [0.717, 1.165) is 11.0 Å². The van der Waals surface area contributed by atoms with E-state index in [1.807, 2.05) is 13.8 Å². The SMILES string of the molecule is CCC(C)n1c(=O)n(C)c(=O)c2c1ncn2C. The summed E-state index contributed by atoms with van der Waals surface area (Å²) in [7, 11) is 3.25. The van der Waals surface area contributed by atoms with E-state index in [2.05, 4.69) is 4.98 Å². The highest BCUT2D eigenvalue weighted by atomic mass is 16.2. The van der Waals surface area contributed by atoms with Gasteiger partial charge in [-0.2, -0.15) is 0 Å². The fraction of sp³-hybridized carbons (Fsp3) is 0.545. The van der Waals surface area contributed by atoms with Crippen molar-refractivity contribution in [2.75, 3.05) is 0 Å². The fourth-order valence-corrected chi connectivity index (χ4v) is 1.92. The largest absolute Gasteiger partial charge is 0.332 e. The van der Waals surface area contributed by atoms with Crippen LogP contribution in [-0.2, 0) is 14.1 Å². The lowest BCUT2D eigenvalue weighted by molar-refractivity contribution is 0.499. The van der Waals surface area contributed by atoms with Gasteiger partial charge in [0.1, 0.15) is 0 Å².